The van der Waals surface area contributed by atoms with Crippen LogP contribution < -0.4 is 15.8 Å². The van der Waals surface area contributed by atoms with Crippen molar-refractivity contribution in [2.24, 2.45) is 0 Å². The van der Waals surface area contributed by atoms with Crippen molar-refractivity contribution in [3.05, 3.63) is 53.3 Å². The molecule has 0 bridgehead atoms. The Morgan fingerprint density at radius 1 is 1.38 bits per heavy atom. The number of para-hydroxylation sites is 1. The highest BCUT2D eigenvalue weighted by Gasteiger charge is 2.16. The standard InChI is InChI=1S/C15H12FN3O2/c1-21-14-11(3-2-4-12(14)18)15(20)19-13-6-5-10(16)7-9(13)8-17/h2-7H,18H2,1H3,(H,19,20). The summed E-state index contributed by atoms with van der Waals surface area (Å²) in [5, 5.41) is 11.5. The number of hydrogen-bond acceptors (Lipinski definition) is 4. The van der Waals surface area contributed by atoms with E-state index in [1.54, 1.807) is 18.2 Å². The Balaban J connectivity index is 2.36. The molecule has 0 saturated heterocycles. The Bertz CT molecular complexity index is 738. The number of nitrogens with two attached hydrogens (primary N) is 1. The van der Waals surface area contributed by atoms with Crippen molar-refractivity contribution < 1.29 is 13.9 Å². The summed E-state index contributed by atoms with van der Waals surface area (Å²) in [6, 6.07) is 10.1. The van der Waals surface area contributed by atoms with Crippen molar-refractivity contribution in [2.45, 2.75) is 0 Å². The number of hydrogen-bond donors (Lipinski definition) is 2. The number of carbonyl (C=O) groups excluding carboxylic acids is 1. The third-order valence-corrected chi connectivity index (χ3v) is 2.84. The van der Waals surface area contributed by atoms with E-state index >= 15 is 0 Å². The number of nitriles is 1. The van der Waals surface area contributed by atoms with Gasteiger partial charge in [0.05, 0.1) is 29.6 Å². The molecule has 2 aromatic rings. The second-order valence-electron chi connectivity index (χ2n) is 4.18. The van der Waals surface area contributed by atoms with Crippen LogP contribution in [0.25, 0.3) is 0 Å². The summed E-state index contributed by atoms with van der Waals surface area (Å²) in [6.45, 7) is 0. The van der Waals surface area contributed by atoms with Crippen LogP contribution in [0.1, 0.15) is 15.9 Å². The molecule has 2 aromatic carbocycles. The van der Waals surface area contributed by atoms with Crippen molar-refractivity contribution in [1.29, 1.82) is 5.26 Å². The molecule has 21 heavy (non-hydrogen) atoms. The normalized spacial score (nSPS) is 9.76. The van der Waals surface area contributed by atoms with Crippen molar-refractivity contribution in [1.82, 2.24) is 0 Å². The van der Waals surface area contributed by atoms with Crippen molar-refractivity contribution in [3.63, 3.8) is 0 Å². The van der Waals surface area contributed by atoms with Gasteiger partial charge in [-0.3, -0.25) is 4.79 Å². The monoisotopic (exact) mass is 285 g/mol. The molecule has 0 atom stereocenters. The van der Waals surface area contributed by atoms with Crippen LogP contribution in [0.2, 0.25) is 0 Å². The number of methoxy groups -OCH3 is 1. The highest BCUT2D eigenvalue weighted by atomic mass is 19.1. The van der Waals surface area contributed by atoms with Gasteiger partial charge < -0.3 is 15.8 Å². The average Bonchev–Trinajstić information content (AvgIpc) is 2.48. The van der Waals surface area contributed by atoms with Gasteiger partial charge >= 0.3 is 0 Å². The van der Waals surface area contributed by atoms with Gasteiger partial charge in [0.2, 0.25) is 0 Å². The number of rotatable bonds is 3. The molecule has 1 amide bonds. The second-order valence-corrected chi connectivity index (χ2v) is 4.18. The molecular formula is C15H12FN3O2. The molecular weight excluding hydrogens is 273 g/mol. The molecule has 0 aliphatic carbocycles. The molecule has 5 nitrogen and oxygen atoms in total. The Morgan fingerprint density at radius 2 is 2.14 bits per heavy atom. The van der Waals surface area contributed by atoms with Gasteiger partial charge in [0.15, 0.2) is 5.75 Å². The van der Waals surface area contributed by atoms with E-state index in [1.807, 2.05) is 6.07 Å². The van der Waals surface area contributed by atoms with E-state index in [9.17, 15) is 9.18 Å². The van der Waals surface area contributed by atoms with Crippen molar-refractivity contribution >= 4 is 17.3 Å². The highest BCUT2D eigenvalue weighted by Crippen LogP contribution is 2.27. The van der Waals surface area contributed by atoms with Crippen LogP contribution in [0.4, 0.5) is 15.8 Å². The maximum atomic E-state index is 13.1. The summed E-state index contributed by atoms with van der Waals surface area (Å²) in [6.07, 6.45) is 0. The first kappa shape index (κ1) is 14.3. The number of nitrogens with one attached hydrogen (secondary N) is 1. The molecule has 0 saturated carbocycles. The molecule has 3 N–H and O–H groups in total. The smallest absolute Gasteiger partial charge is 0.259 e. The largest absolute Gasteiger partial charge is 0.494 e. The minimum atomic E-state index is -0.550. The quantitative estimate of drug-likeness (QED) is 0.848. The van der Waals surface area contributed by atoms with E-state index in [4.69, 9.17) is 15.7 Å². The lowest BCUT2D eigenvalue weighted by Crippen LogP contribution is -2.14. The van der Waals surface area contributed by atoms with Gasteiger partial charge in [0.25, 0.3) is 5.91 Å². The molecule has 0 fully saturated rings. The van der Waals surface area contributed by atoms with E-state index in [0.29, 0.717) is 5.69 Å². The molecule has 0 spiro atoms. The SMILES string of the molecule is COc1c(N)cccc1C(=O)Nc1ccc(F)cc1C#N. The van der Waals surface area contributed by atoms with Crippen molar-refractivity contribution in [3.8, 4) is 11.8 Å². The Kier molecular flexibility index (Phi) is 4.05. The first-order valence-electron chi connectivity index (χ1n) is 6.00. The molecule has 0 unspecified atom stereocenters. The number of benzene rings is 2. The molecule has 0 aliphatic heterocycles. The van der Waals surface area contributed by atoms with Gasteiger partial charge in [-0.25, -0.2) is 4.39 Å². The topological polar surface area (TPSA) is 88.1 Å². The molecule has 0 aromatic heterocycles. The highest BCUT2D eigenvalue weighted by molar-refractivity contribution is 6.07. The number of halogens is 1. The summed E-state index contributed by atoms with van der Waals surface area (Å²) in [5.74, 6) is -0.802. The number of amides is 1. The van der Waals surface area contributed by atoms with Gasteiger partial charge in [-0.1, -0.05) is 6.07 Å². The average molecular weight is 285 g/mol. The third-order valence-electron chi connectivity index (χ3n) is 2.84. The van der Waals surface area contributed by atoms with Crippen LogP contribution >= 0.6 is 0 Å². The first-order chi connectivity index (χ1) is 10.1. The summed E-state index contributed by atoms with van der Waals surface area (Å²) >= 11 is 0. The molecule has 0 radical (unpaired) electrons. The van der Waals surface area contributed by atoms with Crippen LogP contribution in [0.5, 0.6) is 5.75 Å². The maximum Gasteiger partial charge on any atom is 0.259 e. The number of ether oxygens (including phenoxy) is 1. The summed E-state index contributed by atoms with van der Waals surface area (Å²) in [7, 11) is 1.40. The minimum absolute atomic E-state index is 0.0335. The van der Waals surface area contributed by atoms with Crippen LogP contribution in [-0.2, 0) is 0 Å². The number of anilines is 2. The number of nitrogens with zero attached hydrogens (tertiary/aromatic N) is 1. The van der Waals surface area contributed by atoms with Gasteiger partial charge in [-0.05, 0) is 30.3 Å². The van der Waals surface area contributed by atoms with Gasteiger partial charge in [-0.2, -0.15) is 5.26 Å². The molecule has 2 rings (SSSR count). The predicted octanol–water partition coefficient (Wildman–Crippen LogP) is 2.54. The zero-order valence-electron chi connectivity index (χ0n) is 11.2. The molecule has 6 heteroatoms. The Labute approximate surface area is 120 Å². The van der Waals surface area contributed by atoms with Crippen LogP contribution in [0.3, 0.4) is 0 Å². The number of nitrogen functional groups attached to an aromatic ring is 1. The van der Waals surface area contributed by atoms with E-state index in [2.05, 4.69) is 5.32 Å². The fourth-order valence-corrected chi connectivity index (χ4v) is 1.87. The Hall–Kier alpha value is -3.07. The predicted molar refractivity (Wildman–Crippen MR) is 76.5 cm³/mol. The molecule has 0 heterocycles. The van der Waals surface area contributed by atoms with Crippen molar-refractivity contribution in [2.75, 3.05) is 18.2 Å². The second kappa shape index (κ2) is 5.92. The molecule has 0 aliphatic rings. The summed E-state index contributed by atoms with van der Waals surface area (Å²) in [5.41, 5.74) is 6.53. The summed E-state index contributed by atoms with van der Waals surface area (Å²) in [4.78, 5) is 12.2. The fourth-order valence-electron chi connectivity index (χ4n) is 1.87. The van der Waals surface area contributed by atoms with E-state index in [0.717, 1.165) is 12.1 Å². The fraction of sp³-hybridized carbons (Fsp3) is 0.0667. The van der Waals surface area contributed by atoms with Crippen LogP contribution in [0.15, 0.2) is 36.4 Å². The summed E-state index contributed by atoms with van der Waals surface area (Å²) < 4.78 is 18.2. The first-order valence-corrected chi connectivity index (χ1v) is 6.00. The van der Waals surface area contributed by atoms with E-state index < -0.39 is 11.7 Å². The Morgan fingerprint density at radius 3 is 2.81 bits per heavy atom. The van der Waals surface area contributed by atoms with Gasteiger partial charge in [0, 0.05) is 0 Å². The third kappa shape index (κ3) is 2.92. The van der Waals surface area contributed by atoms with Crippen LogP contribution in [0, 0.1) is 17.1 Å². The molecule has 106 valence electrons. The van der Waals surface area contributed by atoms with Crippen LogP contribution in [-0.4, -0.2) is 13.0 Å². The lowest BCUT2D eigenvalue weighted by molar-refractivity contribution is 0.102. The number of carbonyl (C=O) groups is 1. The van der Waals surface area contributed by atoms with Gasteiger partial charge in [0.1, 0.15) is 11.9 Å². The van der Waals surface area contributed by atoms with E-state index in [1.165, 1.54) is 13.2 Å². The lowest BCUT2D eigenvalue weighted by atomic mass is 10.1. The zero-order chi connectivity index (χ0) is 15.4. The maximum absolute atomic E-state index is 13.1. The van der Waals surface area contributed by atoms with E-state index in [-0.39, 0.29) is 22.6 Å². The van der Waals surface area contributed by atoms with Gasteiger partial charge in [-0.15, -0.1) is 0 Å². The zero-order valence-corrected chi connectivity index (χ0v) is 11.2. The lowest BCUT2D eigenvalue weighted by Gasteiger charge is -2.12. The minimum Gasteiger partial charge on any atom is -0.494 e.